The van der Waals surface area contributed by atoms with Crippen molar-refractivity contribution in [2.24, 2.45) is 0 Å². The molecule has 0 amide bonds. The number of hydrogen-bond acceptors (Lipinski definition) is 2. The number of carbonyl (C=O) groups is 1. The first-order valence-corrected chi connectivity index (χ1v) is 5.37. The van der Waals surface area contributed by atoms with Gasteiger partial charge in [0.05, 0.1) is 0 Å². The van der Waals surface area contributed by atoms with Crippen LogP contribution >= 0.6 is 0 Å². The number of ketones is 1. The van der Waals surface area contributed by atoms with Gasteiger partial charge in [0.25, 0.3) is 0 Å². The third kappa shape index (κ3) is 2.66. The SMILES string of the molecule is CCc1cccc(C(=O)C(C)(O)CC)c1. The van der Waals surface area contributed by atoms with Crippen LogP contribution < -0.4 is 0 Å². The Labute approximate surface area is 90.9 Å². The highest BCUT2D eigenvalue weighted by molar-refractivity contribution is 6.02. The summed E-state index contributed by atoms with van der Waals surface area (Å²) < 4.78 is 0. The fourth-order valence-corrected chi connectivity index (χ4v) is 1.40. The topological polar surface area (TPSA) is 37.3 Å². The highest BCUT2D eigenvalue weighted by atomic mass is 16.3. The number of Topliss-reactive ketones (excluding diaryl/α,β-unsaturated/α-hetero) is 1. The van der Waals surface area contributed by atoms with Crippen LogP contribution in [0.2, 0.25) is 0 Å². The van der Waals surface area contributed by atoms with Gasteiger partial charge in [-0.3, -0.25) is 4.79 Å². The first-order valence-electron chi connectivity index (χ1n) is 5.37. The van der Waals surface area contributed by atoms with Crippen LogP contribution in [0.5, 0.6) is 0 Å². The molecule has 1 atom stereocenters. The van der Waals surface area contributed by atoms with E-state index in [4.69, 9.17) is 0 Å². The maximum absolute atomic E-state index is 11.9. The Balaban J connectivity index is 3.01. The van der Waals surface area contributed by atoms with Gasteiger partial charge in [-0.25, -0.2) is 0 Å². The molecule has 15 heavy (non-hydrogen) atoms. The second-order valence-corrected chi connectivity index (χ2v) is 4.01. The minimum absolute atomic E-state index is 0.194. The molecular weight excluding hydrogens is 188 g/mol. The molecule has 1 aromatic rings. The Kier molecular flexibility index (Phi) is 3.64. The van der Waals surface area contributed by atoms with Gasteiger partial charge in [0.15, 0.2) is 5.78 Å². The summed E-state index contributed by atoms with van der Waals surface area (Å²) in [6.07, 6.45) is 1.33. The fraction of sp³-hybridized carbons (Fsp3) is 0.462. The van der Waals surface area contributed by atoms with Gasteiger partial charge in [0, 0.05) is 5.56 Å². The van der Waals surface area contributed by atoms with E-state index in [1.165, 1.54) is 0 Å². The molecule has 82 valence electrons. The van der Waals surface area contributed by atoms with Crippen molar-refractivity contribution in [3.63, 3.8) is 0 Å². The molecule has 0 bridgehead atoms. The minimum atomic E-state index is -1.24. The molecule has 1 N–H and O–H groups in total. The fourth-order valence-electron chi connectivity index (χ4n) is 1.40. The lowest BCUT2D eigenvalue weighted by molar-refractivity contribution is 0.0390. The molecule has 2 nitrogen and oxygen atoms in total. The van der Waals surface area contributed by atoms with Crippen molar-refractivity contribution < 1.29 is 9.90 Å². The van der Waals surface area contributed by atoms with Gasteiger partial charge >= 0.3 is 0 Å². The smallest absolute Gasteiger partial charge is 0.194 e. The van der Waals surface area contributed by atoms with E-state index in [0.29, 0.717) is 12.0 Å². The molecule has 0 spiro atoms. The molecule has 1 unspecified atom stereocenters. The molecule has 0 fully saturated rings. The average Bonchev–Trinajstić information content (AvgIpc) is 2.28. The molecule has 0 saturated carbocycles. The average molecular weight is 206 g/mol. The summed E-state index contributed by atoms with van der Waals surface area (Å²) in [7, 11) is 0. The van der Waals surface area contributed by atoms with Gasteiger partial charge < -0.3 is 5.11 Å². The first-order chi connectivity index (χ1) is 7.01. The molecule has 1 aromatic carbocycles. The highest BCUT2D eigenvalue weighted by Crippen LogP contribution is 2.17. The normalized spacial score (nSPS) is 14.7. The van der Waals surface area contributed by atoms with Gasteiger partial charge in [-0.15, -0.1) is 0 Å². The zero-order chi connectivity index (χ0) is 11.5. The maximum Gasteiger partial charge on any atom is 0.194 e. The molecule has 2 heteroatoms. The lowest BCUT2D eigenvalue weighted by Gasteiger charge is -2.19. The monoisotopic (exact) mass is 206 g/mol. The Hall–Kier alpha value is -1.15. The second kappa shape index (κ2) is 4.58. The lowest BCUT2D eigenvalue weighted by atomic mass is 9.91. The summed E-state index contributed by atoms with van der Waals surface area (Å²) in [5.41, 5.74) is 0.473. The van der Waals surface area contributed by atoms with E-state index >= 15 is 0 Å². The third-order valence-electron chi connectivity index (χ3n) is 2.78. The quantitative estimate of drug-likeness (QED) is 0.769. The molecule has 1 rings (SSSR count). The number of rotatable bonds is 4. The van der Waals surface area contributed by atoms with Gasteiger partial charge in [0.1, 0.15) is 5.60 Å². The van der Waals surface area contributed by atoms with Gasteiger partial charge in [-0.2, -0.15) is 0 Å². The molecule has 0 saturated heterocycles. The Bertz CT molecular complexity index is 353. The largest absolute Gasteiger partial charge is 0.382 e. The van der Waals surface area contributed by atoms with E-state index in [1.54, 1.807) is 13.0 Å². The van der Waals surface area contributed by atoms with Crippen LogP contribution in [0, 0.1) is 0 Å². The van der Waals surface area contributed by atoms with Crippen LogP contribution in [-0.4, -0.2) is 16.5 Å². The molecule has 0 aliphatic carbocycles. The van der Waals surface area contributed by atoms with Crippen LogP contribution in [0.1, 0.15) is 43.1 Å². The Morgan fingerprint density at radius 3 is 2.60 bits per heavy atom. The van der Waals surface area contributed by atoms with E-state index in [2.05, 4.69) is 0 Å². The molecular formula is C13H18O2. The third-order valence-corrected chi connectivity index (χ3v) is 2.78. The van der Waals surface area contributed by atoms with E-state index < -0.39 is 5.60 Å². The molecule has 0 aliphatic rings. The van der Waals surface area contributed by atoms with Crippen molar-refractivity contribution in [3.8, 4) is 0 Å². The number of benzene rings is 1. The highest BCUT2D eigenvalue weighted by Gasteiger charge is 2.28. The van der Waals surface area contributed by atoms with E-state index in [9.17, 15) is 9.90 Å². The van der Waals surface area contributed by atoms with Crippen molar-refractivity contribution in [1.82, 2.24) is 0 Å². The van der Waals surface area contributed by atoms with Crippen molar-refractivity contribution >= 4 is 5.78 Å². The van der Waals surface area contributed by atoms with Crippen LogP contribution in [-0.2, 0) is 6.42 Å². The molecule has 0 aromatic heterocycles. The minimum Gasteiger partial charge on any atom is -0.382 e. The summed E-state index contributed by atoms with van der Waals surface area (Å²) >= 11 is 0. The lowest BCUT2D eigenvalue weighted by Crippen LogP contribution is -2.34. The van der Waals surface area contributed by atoms with Crippen LogP contribution in [0.15, 0.2) is 24.3 Å². The van der Waals surface area contributed by atoms with Crippen molar-refractivity contribution in [1.29, 1.82) is 0 Å². The number of carbonyl (C=O) groups excluding carboxylic acids is 1. The zero-order valence-electron chi connectivity index (χ0n) is 9.58. The van der Waals surface area contributed by atoms with Crippen LogP contribution in [0.4, 0.5) is 0 Å². The maximum atomic E-state index is 11.9. The van der Waals surface area contributed by atoms with E-state index in [1.807, 2.05) is 32.0 Å². The second-order valence-electron chi connectivity index (χ2n) is 4.01. The Morgan fingerprint density at radius 2 is 2.07 bits per heavy atom. The van der Waals surface area contributed by atoms with Gasteiger partial charge in [-0.05, 0) is 31.4 Å². The van der Waals surface area contributed by atoms with Crippen molar-refractivity contribution in [2.45, 2.75) is 39.2 Å². The van der Waals surface area contributed by atoms with Gasteiger partial charge in [-0.1, -0.05) is 32.0 Å². The number of aryl methyl sites for hydroxylation is 1. The Morgan fingerprint density at radius 1 is 1.40 bits per heavy atom. The standard InChI is InChI=1S/C13H18O2/c1-4-10-7-6-8-11(9-10)12(14)13(3,15)5-2/h6-9,15H,4-5H2,1-3H3. The van der Waals surface area contributed by atoms with Crippen molar-refractivity contribution in [2.75, 3.05) is 0 Å². The predicted molar refractivity (Wildman–Crippen MR) is 61.1 cm³/mol. The summed E-state index contributed by atoms with van der Waals surface area (Å²) in [6, 6.07) is 7.45. The predicted octanol–water partition coefficient (Wildman–Crippen LogP) is 2.59. The first kappa shape index (κ1) is 11.9. The van der Waals surface area contributed by atoms with E-state index in [0.717, 1.165) is 12.0 Å². The van der Waals surface area contributed by atoms with Crippen LogP contribution in [0.25, 0.3) is 0 Å². The summed E-state index contributed by atoms with van der Waals surface area (Å²) in [5.74, 6) is -0.194. The summed E-state index contributed by atoms with van der Waals surface area (Å²) in [6.45, 7) is 5.41. The number of aliphatic hydroxyl groups is 1. The van der Waals surface area contributed by atoms with Crippen LogP contribution in [0.3, 0.4) is 0 Å². The molecule has 0 heterocycles. The van der Waals surface area contributed by atoms with Gasteiger partial charge in [0.2, 0.25) is 0 Å². The zero-order valence-corrected chi connectivity index (χ0v) is 9.58. The summed E-state index contributed by atoms with van der Waals surface area (Å²) in [5, 5.41) is 9.86. The van der Waals surface area contributed by atoms with Crippen molar-refractivity contribution in [3.05, 3.63) is 35.4 Å². The molecule has 0 radical (unpaired) electrons. The van der Waals surface area contributed by atoms with E-state index in [-0.39, 0.29) is 5.78 Å². The summed E-state index contributed by atoms with van der Waals surface area (Å²) in [4.78, 5) is 11.9. The molecule has 0 aliphatic heterocycles. The number of hydrogen-bond donors (Lipinski definition) is 1.